The molecule has 1 aromatic carbocycles. The molecule has 0 bridgehead atoms. The van der Waals surface area contributed by atoms with E-state index >= 15 is 0 Å². The van der Waals surface area contributed by atoms with Gasteiger partial charge in [0.1, 0.15) is 5.75 Å². The van der Waals surface area contributed by atoms with Crippen LogP contribution in [-0.4, -0.2) is 6.61 Å². The van der Waals surface area contributed by atoms with Gasteiger partial charge < -0.3 is 4.74 Å². The Balaban J connectivity index is 2.31. The van der Waals surface area contributed by atoms with Crippen LogP contribution in [0.15, 0.2) is 23.1 Å². The molecule has 0 saturated heterocycles. The summed E-state index contributed by atoms with van der Waals surface area (Å²) in [7, 11) is 0. The molecule has 2 rings (SSSR count). The minimum absolute atomic E-state index is 0.831. The number of rotatable bonds is 1. The van der Waals surface area contributed by atoms with Crippen LogP contribution in [0.25, 0.3) is 0 Å². The van der Waals surface area contributed by atoms with E-state index in [0.717, 1.165) is 30.1 Å². The Bertz CT molecular complexity index is 352. The molecule has 1 heterocycles. The zero-order valence-corrected chi connectivity index (χ0v) is 8.06. The van der Waals surface area contributed by atoms with Gasteiger partial charge in [-0.3, -0.25) is 0 Å². The lowest BCUT2D eigenvalue weighted by atomic mass is 10.1. The lowest BCUT2D eigenvalue weighted by Crippen LogP contribution is -2.07. The molecule has 0 unspecified atom stereocenters. The molecule has 0 fully saturated rings. The fraction of sp³-hybridized carbons (Fsp3) is 0.273. The minimum atomic E-state index is 0.831. The Morgan fingerprint density at radius 3 is 3.23 bits per heavy atom. The molecule has 1 aliphatic rings. The maximum absolute atomic E-state index is 5.53. The summed E-state index contributed by atoms with van der Waals surface area (Å²) in [5, 5.41) is 2.55. The Labute approximate surface area is 82.5 Å². The lowest BCUT2D eigenvalue weighted by Gasteiger charge is -2.17. The van der Waals surface area contributed by atoms with Crippen LogP contribution in [0.2, 0.25) is 0 Å². The predicted molar refractivity (Wildman–Crippen MR) is 54.9 cm³/mol. The summed E-state index contributed by atoms with van der Waals surface area (Å²) in [5.41, 5.74) is 1.30. The normalized spacial score (nSPS) is 14.1. The second kappa shape index (κ2) is 3.76. The van der Waals surface area contributed by atoms with Crippen molar-refractivity contribution in [1.29, 1.82) is 0 Å². The molecule has 1 nitrogen and oxygen atoms in total. The molecule has 0 radical (unpaired) electrons. The molecule has 13 heavy (non-hydrogen) atoms. The molecular weight excluding hydrogens is 180 g/mol. The largest absolute Gasteiger partial charge is 0.493 e. The Morgan fingerprint density at radius 2 is 2.38 bits per heavy atom. The first-order chi connectivity index (χ1) is 6.40. The smallest absolute Gasteiger partial charge is 0.123 e. The maximum atomic E-state index is 5.53. The Morgan fingerprint density at radius 1 is 1.46 bits per heavy atom. The number of hydrogen-bond acceptors (Lipinski definition) is 2. The van der Waals surface area contributed by atoms with Crippen molar-refractivity contribution < 1.29 is 4.74 Å². The quantitative estimate of drug-likeness (QED) is 0.497. The van der Waals surface area contributed by atoms with Crippen molar-refractivity contribution >= 4 is 11.8 Å². The van der Waals surface area contributed by atoms with Crippen molar-refractivity contribution in [2.45, 2.75) is 17.7 Å². The standard InChI is InChI=1S/C11H10OS/c1-2-13-10-6-5-9-4-3-7-12-11(9)8-10/h1,5-6,8H,3-4,7H2. The van der Waals surface area contributed by atoms with E-state index in [2.05, 4.69) is 17.4 Å². The van der Waals surface area contributed by atoms with E-state index in [1.165, 1.54) is 17.3 Å². The average molecular weight is 190 g/mol. The number of fused-ring (bicyclic) bond motifs is 1. The molecule has 66 valence electrons. The summed E-state index contributed by atoms with van der Waals surface area (Å²) in [6.45, 7) is 0.831. The summed E-state index contributed by atoms with van der Waals surface area (Å²) >= 11 is 1.40. The third kappa shape index (κ3) is 1.81. The summed E-state index contributed by atoms with van der Waals surface area (Å²) in [4.78, 5) is 1.09. The molecule has 0 aromatic heterocycles. The van der Waals surface area contributed by atoms with E-state index in [-0.39, 0.29) is 0 Å². The minimum Gasteiger partial charge on any atom is -0.493 e. The monoisotopic (exact) mass is 190 g/mol. The summed E-state index contributed by atoms with van der Waals surface area (Å²) in [5.74, 6) is 1.01. The fourth-order valence-corrected chi connectivity index (χ4v) is 1.89. The second-order valence-corrected chi connectivity index (χ2v) is 3.85. The Kier molecular flexibility index (Phi) is 2.47. The molecule has 0 spiro atoms. The summed E-state index contributed by atoms with van der Waals surface area (Å²) < 4.78 is 5.53. The first-order valence-electron chi connectivity index (χ1n) is 4.28. The van der Waals surface area contributed by atoms with Crippen molar-refractivity contribution in [3.63, 3.8) is 0 Å². The van der Waals surface area contributed by atoms with Gasteiger partial charge in [0.25, 0.3) is 0 Å². The first kappa shape index (κ1) is 8.52. The van der Waals surface area contributed by atoms with Crippen molar-refractivity contribution in [3.05, 3.63) is 23.8 Å². The highest BCUT2D eigenvalue weighted by atomic mass is 32.2. The molecule has 0 amide bonds. The van der Waals surface area contributed by atoms with E-state index in [9.17, 15) is 0 Å². The van der Waals surface area contributed by atoms with Gasteiger partial charge in [-0.15, -0.1) is 6.42 Å². The molecule has 0 N–H and O–H groups in total. The molecular formula is C11H10OS. The summed E-state index contributed by atoms with van der Waals surface area (Å²) in [6, 6.07) is 6.19. The van der Waals surface area contributed by atoms with E-state index in [4.69, 9.17) is 11.2 Å². The zero-order valence-electron chi connectivity index (χ0n) is 7.25. The van der Waals surface area contributed by atoms with Crippen LogP contribution in [-0.2, 0) is 6.42 Å². The number of aryl methyl sites for hydroxylation is 1. The maximum Gasteiger partial charge on any atom is 0.123 e. The molecule has 0 aliphatic carbocycles. The van der Waals surface area contributed by atoms with E-state index < -0.39 is 0 Å². The van der Waals surface area contributed by atoms with Crippen LogP contribution in [0.3, 0.4) is 0 Å². The number of benzene rings is 1. The number of thioether (sulfide) groups is 1. The van der Waals surface area contributed by atoms with Crippen molar-refractivity contribution in [1.82, 2.24) is 0 Å². The fourth-order valence-electron chi connectivity index (χ4n) is 1.45. The van der Waals surface area contributed by atoms with Crippen LogP contribution in [0.4, 0.5) is 0 Å². The van der Waals surface area contributed by atoms with Gasteiger partial charge in [0.2, 0.25) is 0 Å². The molecule has 1 aromatic rings. The number of terminal acetylenes is 1. The topological polar surface area (TPSA) is 9.23 Å². The third-order valence-electron chi connectivity index (χ3n) is 2.06. The summed E-state index contributed by atoms with van der Waals surface area (Å²) in [6.07, 6.45) is 7.45. The zero-order chi connectivity index (χ0) is 9.10. The van der Waals surface area contributed by atoms with Gasteiger partial charge in [-0.1, -0.05) is 6.07 Å². The van der Waals surface area contributed by atoms with Crippen molar-refractivity contribution in [3.8, 4) is 17.4 Å². The number of ether oxygens (including phenoxy) is 1. The van der Waals surface area contributed by atoms with Crippen LogP contribution in [0, 0.1) is 11.7 Å². The number of hydrogen-bond donors (Lipinski definition) is 0. The SMILES string of the molecule is C#CSc1ccc2c(c1)OCCC2. The van der Waals surface area contributed by atoms with Crippen LogP contribution in [0.5, 0.6) is 5.75 Å². The Hall–Kier alpha value is -1.07. The first-order valence-corrected chi connectivity index (χ1v) is 5.10. The van der Waals surface area contributed by atoms with Gasteiger partial charge in [0.15, 0.2) is 0 Å². The van der Waals surface area contributed by atoms with Gasteiger partial charge in [0.05, 0.1) is 6.61 Å². The third-order valence-corrected chi connectivity index (χ3v) is 2.67. The van der Waals surface area contributed by atoms with Crippen molar-refractivity contribution in [2.24, 2.45) is 0 Å². The molecule has 0 atom stereocenters. The van der Waals surface area contributed by atoms with Gasteiger partial charge in [-0.25, -0.2) is 0 Å². The predicted octanol–water partition coefficient (Wildman–Crippen LogP) is 2.69. The van der Waals surface area contributed by atoms with E-state index in [1.807, 2.05) is 6.07 Å². The second-order valence-electron chi connectivity index (χ2n) is 2.94. The average Bonchev–Trinajstić information content (AvgIpc) is 2.18. The molecule has 2 heteroatoms. The van der Waals surface area contributed by atoms with Crippen LogP contribution in [0.1, 0.15) is 12.0 Å². The van der Waals surface area contributed by atoms with Crippen molar-refractivity contribution in [2.75, 3.05) is 6.61 Å². The van der Waals surface area contributed by atoms with Crippen LogP contribution >= 0.6 is 11.8 Å². The van der Waals surface area contributed by atoms with E-state index in [0.29, 0.717) is 0 Å². The molecule has 0 saturated carbocycles. The van der Waals surface area contributed by atoms with Gasteiger partial charge in [-0.05, 0) is 47.6 Å². The molecule has 1 aliphatic heterocycles. The van der Waals surface area contributed by atoms with E-state index in [1.54, 1.807) is 0 Å². The van der Waals surface area contributed by atoms with Gasteiger partial charge in [-0.2, -0.15) is 0 Å². The van der Waals surface area contributed by atoms with Crippen LogP contribution < -0.4 is 4.74 Å². The highest BCUT2D eigenvalue weighted by Gasteiger charge is 2.09. The highest BCUT2D eigenvalue weighted by molar-refractivity contribution is 8.03. The van der Waals surface area contributed by atoms with Gasteiger partial charge >= 0.3 is 0 Å². The highest BCUT2D eigenvalue weighted by Crippen LogP contribution is 2.29. The van der Waals surface area contributed by atoms with Gasteiger partial charge in [0, 0.05) is 4.90 Å². The lowest BCUT2D eigenvalue weighted by molar-refractivity contribution is 0.287.